The number of amides is 2. The zero-order valence-electron chi connectivity index (χ0n) is 13.7. The largest absolute Gasteiger partial charge is 0.444 e. The lowest BCUT2D eigenvalue weighted by Gasteiger charge is -2.14. The highest BCUT2D eigenvalue weighted by molar-refractivity contribution is 5.99. The number of rotatable bonds is 4. The van der Waals surface area contributed by atoms with Crippen molar-refractivity contribution in [1.29, 1.82) is 0 Å². The van der Waals surface area contributed by atoms with Crippen molar-refractivity contribution in [2.24, 2.45) is 0 Å². The Morgan fingerprint density at radius 2 is 2.00 bits per heavy atom. The van der Waals surface area contributed by atoms with Gasteiger partial charge in [-0.3, -0.25) is 20.2 Å². The minimum Gasteiger partial charge on any atom is -0.444 e. The highest BCUT2D eigenvalue weighted by atomic mass is 16.6. The van der Waals surface area contributed by atoms with E-state index >= 15 is 0 Å². The Kier molecular flexibility index (Phi) is 4.55. The van der Waals surface area contributed by atoms with Gasteiger partial charge in [0.1, 0.15) is 6.61 Å². The molecule has 26 heavy (non-hydrogen) atoms. The third-order valence-corrected chi connectivity index (χ3v) is 4.01. The van der Waals surface area contributed by atoms with Gasteiger partial charge in [0.15, 0.2) is 6.23 Å². The van der Waals surface area contributed by atoms with Crippen molar-refractivity contribution in [3.63, 3.8) is 0 Å². The number of hydrogen-bond acceptors (Lipinski definition) is 6. The number of fused-ring (bicyclic) bond motifs is 1. The van der Waals surface area contributed by atoms with E-state index in [4.69, 9.17) is 4.74 Å². The maximum atomic E-state index is 11.9. The lowest BCUT2D eigenvalue weighted by molar-refractivity contribution is -0.384. The van der Waals surface area contributed by atoms with Crippen LogP contribution in [0.2, 0.25) is 0 Å². The van der Waals surface area contributed by atoms with E-state index in [-0.39, 0.29) is 18.2 Å². The van der Waals surface area contributed by atoms with Gasteiger partial charge in [0.2, 0.25) is 0 Å². The molecule has 2 aromatic carbocycles. The normalized spacial score (nSPS) is 15.5. The molecule has 0 aliphatic carbocycles. The molecule has 0 spiro atoms. The van der Waals surface area contributed by atoms with Gasteiger partial charge in [-0.05, 0) is 35.9 Å². The predicted molar refractivity (Wildman–Crippen MR) is 90.4 cm³/mol. The summed E-state index contributed by atoms with van der Waals surface area (Å²) in [5.74, 6) is -0.292. The maximum absolute atomic E-state index is 11.9. The number of ether oxygens (including phenoxy) is 1. The number of nitro groups is 1. The topological polar surface area (TPSA) is 122 Å². The second kappa shape index (κ2) is 6.81. The summed E-state index contributed by atoms with van der Waals surface area (Å²) in [6.45, 7) is -0.0569. The molecule has 2 N–H and O–H groups in total. The quantitative estimate of drug-likeness (QED) is 0.640. The van der Waals surface area contributed by atoms with Crippen molar-refractivity contribution in [1.82, 2.24) is 4.90 Å². The molecule has 3 rings (SSSR count). The summed E-state index contributed by atoms with van der Waals surface area (Å²) >= 11 is 0. The second-order valence-electron chi connectivity index (χ2n) is 5.72. The van der Waals surface area contributed by atoms with Gasteiger partial charge in [-0.1, -0.05) is 0 Å². The van der Waals surface area contributed by atoms with Crippen LogP contribution in [0, 0.1) is 10.1 Å². The first-order valence-electron chi connectivity index (χ1n) is 7.63. The zero-order valence-corrected chi connectivity index (χ0v) is 13.7. The Hall–Kier alpha value is -3.46. The fraction of sp³-hybridized carbons (Fsp3) is 0.176. The lowest BCUT2D eigenvalue weighted by Crippen LogP contribution is -2.22. The van der Waals surface area contributed by atoms with Crippen LogP contribution in [0.15, 0.2) is 42.5 Å². The van der Waals surface area contributed by atoms with Gasteiger partial charge in [-0.15, -0.1) is 0 Å². The number of nitro benzene ring substituents is 1. The smallest absolute Gasteiger partial charge is 0.411 e. The molecule has 1 heterocycles. The molecular formula is C17H15N3O6. The van der Waals surface area contributed by atoms with Gasteiger partial charge in [0.25, 0.3) is 11.6 Å². The fourth-order valence-corrected chi connectivity index (χ4v) is 2.58. The molecule has 0 saturated heterocycles. The average molecular weight is 357 g/mol. The first kappa shape index (κ1) is 17.4. The van der Waals surface area contributed by atoms with E-state index in [1.54, 1.807) is 0 Å². The zero-order chi connectivity index (χ0) is 18.8. The Balaban J connectivity index is 1.61. The summed E-state index contributed by atoms with van der Waals surface area (Å²) in [4.78, 5) is 35.0. The minimum absolute atomic E-state index is 0.0468. The van der Waals surface area contributed by atoms with Crippen LogP contribution in [0.4, 0.5) is 16.2 Å². The van der Waals surface area contributed by atoms with Crippen molar-refractivity contribution in [2.75, 3.05) is 12.4 Å². The van der Waals surface area contributed by atoms with Crippen LogP contribution in [0.3, 0.4) is 0 Å². The first-order valence-corrected chi connectivity index (χ1v) is 7.63. The highest BCUT2D eigenvalue weighted by Gasteiger charge is 2.32. The second-order valence-corrected chi connectivity index (χ2v) is 5.72. The summed E-state index contributed by atoms with van der Waals surface area (Å²) in [7, 11) is 1.48. The molecule has 1 unspecified atom stereocenters. The molecule has 0 fully saturated rings. The Labute approximate surface area is 148 Å². The molecule has 1 atom stereocenters. The fourth-order valence-electron chi connectivity index (χ4n) is 2.58. The van der Waals surface area contributed by atoms with E-state index in [0.29, 0.717) is 22.4 Å². The van der Waals surface area contributed by atoms with Crippen LogP contribution in [0.1, 0.15) is 27.7 Å². The Morgan fingerprint density at radius 1 is 1.31 bits per heavy atom. The van der Waals surface area contributed by atoms with Gasteiger partial charge < -0.3 is 14.7 Å². The van der Waals surface area contributed by atoms with Gasteiger partial charge >= 0.3 is 6.09 Å². The number of nitrogens with one attached hydrogen (secondary N) is 1. The van der Waals surface area contributed by atoms with E-state index in [0.717, 1.165) is 0 Å². The number of benzene rings is 2. The van der Waals surface area contributed by atoms with Gasteiger partial charge in [-0.2, -0.15) is 0 Å². The molecule has 9 heteroatoms. The highest BCUT2D eigenvalue weighted by Crippen LogP contribution is 2.32. The third kappa shape index (κ3) is 3.33. The van der Waals surface area contributed by atoms with Crippen molar-refractivity contribution in [3.05, 3.63) is 69.3 Å². The van der Waals surface area contributed by atoms with Crippen molar-refractivity contribution < 1.29 is 24.4 Å². The molecule has 0 saturated carbocycles. The summed E-state index contributed by atoms with van der Waals surface area (Å²) in [5, 5.41) is 23.1. The lowest BCUT2D eigenvalue weighted by atomic mass is 10.1. The van der Waals surface area contributed by atoms with Crippen LogP contribution >= 0.6 is 0 Å². The number of carbonyl (C=O) groups excluding carboxylic acids is 2. The van der Waals surface area contributed by atoms with Gasteiger partial charge in [0, 0.05) is 36.0 Å². The summed E-state index contributed by atoms with van der Waals surface area (Å²) in [6.07, 6.45) is -1.79. The van der Waals surface area contributed by atoms with Crippen LogP contribution in [0.25, 0.3) is 0 Å². The molecular weight excluding hydrogens is 342 g/mol. The number of non-ortho nitro benzene ring substituents is 1. The number of aliphatic hydroxyl groups excluding tert-OH is 1. The minimum atomic E-state index is -1.06. The van der Waals surface area contributed by atoms with Crippen molar-refractivity contribution in [3.8, 4) is 0 Å². The number of carbonyl (C=O) groups is 2. The van der Waals surface area contributed by atoms with Crippen molar-refractivity contribution in [2.45, 2.75) is 12.8 Å². The molecule has 2 amide bonds. The Bertz CT molecular complexity index is 881. The van der Waals surface area contributed by atoms with E-state index < -0.39 is 17.2 Å². The van der Waals surface area contributed by atoms with Crippen LogP contribution in [-0.4, -0.2) is 34.0 Å². The SMILES string of the molecule is CN1C(=O)c2ccc(NC(=O)OCc3ccc([N+](=O)[O-])cc3)cc2C1O. The number of nitrogens with zero attached hydrogens (tertiary/aromatic N) is 2. The predicted octanol–water partition coefficient (Wildman–Crippen LogP) is 2.42. The van der Waals surface area contributed by atoms with Gasteiger partial charge in [-0.25, -0.2) is 4.79 Å². The van der Waals surface area contributed by atoms with Crippen LogP contribution < -0.4 is 5.32 Å². The van der Waals surface area contributed by atoms with Crippen molar-refractivity contribution >= 4 is 23.4 Å². The summed E-state index contributed by atoms with van der Waals surface area (Å²) < 4.78 is 5.06. The maximum Gasteiger partial charge on any atom is 0.411 e. The van der Waals surface area contributed by atoms with E-state index in [9.17, 15) is 24.8 Å². The number of hydrogen-bond donors (Lipinski definition) is 2. The molecule has 1 aliphatic heterocycles. The molecule has 134 valence electrons. The summed E-state index contributed by atoms with van der Waals surface area (Å²) in [6, 6.07) is 10.2. The van der Waals surface area contributed by atoms with Crippen LogP contribution in [0.5, 0.6) is 0 Å². The monoisotopic (exact) mass is 357 g/mol. The Morgan fingerprint density at radius 3 is 2.65 bits per heavy atom. The standard InChI is InChI=1S/C17H15N3O6/c1-19-15(21)13-7-4-11(8-14(13)16(19)22)18-17(23)26-9-10-2-5-12(6-3-10)20(24)25/h2-8,16,22H,9H2,1H3,(H,18,23). The molecule has 2 aromatic rings. The number of anilines is 1. The van der Waals surface area contributed by atoms with E-state index in [1.807, 2.05) is 0 Å². The first-order chi connectivity index (χ1) is 12.4. The van der Waals surface area contributed by atoms with Crippen LogP contribution in [-0.2, 0) is 11.3 Å². The average Bonchev–Trinajstić information content (AvgIpc) is 2.84. The van der Waals surface area contributed by atoms with E-state index in [1.165, 1.54) is 54.4 Å². The molecule has 9 nitrogen and oxygen atoms in total. The molecule has 0 radical (unpaired) electrons. The number of aliphatic hydroxyl groups is 1. The summed E-state index contributed by atoms with van der Waals surface area (Å²) in [5.41, 5.74) is 1.71. The van der Waals surface area contributed by atoms with E-state index in [2.05, 4.69) is 5.32 Å². The van der Waals surface area contributed by atoms with Gasteiger partial charge in [0.05, 0.1) is 4.92 Å². The molecule has 1 aliphatic rings. The molecule has 0 aromatic heterocycles. The third-order valence-electron chi connectivity index (χ3n) is 4.01. The molecule has 0 bridgehead atoms.